The van der Waals surface area contributed by atoms with Gasteiger partial charge in [-0.25, -0.2) is 14.4 Å². The molecule has 2 aromatic rings. The van der Waals surface area contributed by atoms with E-state index >= 15 is 0 Å². The molecular formula is C18H12O7. The quantitative estimate of drug-likeness (QED) is 0.823. The van der Waals surface area contributed by atoms with Gasteiger partial charge < -0.3 is 19.7 Å². The van der Waals surface area contributed by atoms with Crippen LogP contribution in [0.4, 0.5) is 0 Å². The Morgan fingerprint density at radius 1 is 1.00 bits per heavy atom. The van der Waals surface area contributed by atoms with Gasteiger partial charge in [0, 0.05) is 5.56 Å². The number of hydrogen-bond donors (Lipinski definition) is 2. The van der Waals surface area contributed by atoms with E-state index in [-0.39, 0.29) is 16.9 Å². The average Bonchev–Trinajstić information content (AvgIpc) is 2.89. The number of aromatic carboxylic acids is 2. The zero-order chi connectivity index (χ0) is 18.1. The second-order valence-corrected chi connectivity index (χ2v) is 5.22. The number of carboxylic acids is 2. The largest absolute Gasteiger partial charge is 0.497 e. The highest BCUT2D eigenvalue weighted by atomic mass is 16.5. The summed E-state index contributed by atoms with van der Waals surface area (Å²) in [5.74, 6) is -2.74. The van der Waals surface area contributed by atoms with Crippen LogP contribution in [0.1, 0.15) is 42.2 Å². The number of fused-ring (bicyclic) bond motifs is 1. The van der Waals surface area contributed by atoms with Crippen LogP contribution in [-0.2, 0) is 4.74 Å². The molecule has 0 unspecified atom stereocenters. The van der Waals surface area contributed by atoms with E-state index in [1.54, 1.807) is 30.3 Å². The molecular weight excluding hydrogens is 328 g/mol. The van der Waals surface area contributed by atoms with Gasteiger partial charge in [-0.05, 0) is 35.9 Å². The van der Waals surface area contributed by atoms with Crippen LogP contribution in [0.25, 0.3) is 11.8 Å². The third kappa shape index (κ3) is 2.94. The van der Waals surface area contributed by atoms with Crippen molar-refractivity contribution in [3.8, 4) is 5.75 Å². The molecule has 0 aromatic heterocycles. The molecule has 126 valence electrons. The number of carbonyl (C=O) groups excluding carboxylic acids is 1. The maximum absolute atomic E-state index is 12.0. The molecule has 0 saturated heterocycles. The lowest BCUT2D eigenvalue weighted by Gasteiger charge is -2.05. The standard InChI is InChI=1S/C18H12O7/c1-24-10-4-2-9(3-5-10)6-15-11-7-12(16(19)20)13(17(21)22)8-14(11)18(23)25-15/h2-8H,1H3,(H,19,20)(H,21,22)/b15-6-. The molecule has 0 atom stereocenters. The number of ether oxygens (including phenoxy) is 2. The van der Waals surface area contributed by atoms with E-state index in [0.29, 0.717) is 11.3 Å². The highest BCUT2D eigenvalue weighted by Gasteiger charge is 2.31. The molecule has 0 amide bonds. The van der Waals surface area contributed by atoms with Gasteiger partial charge in [-0.15, -0.1) is 0 Å². The van der Waals surface area contributed by atoms with Gasteiger partial charge in [0.25, 0.3) is 0 Å². The number of carboxylic acid groups (broad SMARTS) is 2. The van der Waals surface area contributed by atoms with Crippen LogP contribution in [-0.4, -0.2) is 35.2 Å². The Morgan fingerprint density at radius 3 is 2.08 bits per heavy atom. The fraction of sp³-hybridized carbons (Fsp3) is 0.0556. The molecule has 0 fully saturated rings. The maximum Gasteiger partial charge on any atom is 0.344 e. The third-order valence-electron chi connectivity index (χ3n) is 3.72. The summed E-state index contributed by atoms with van der Waals surface area (Å²) in [6.45, 7) is 0. The Labute approximate surface area is 141 Å². The third-order valence-corrected chi connectivity index (χ3v) is 3.72. The number of carbonyl (C=O) groups is 3. The molecule has 25 heavy (non-hydrogen) atoms. The number of hydrogen-bond acceptors (Lipinski definition) is 5. The summed E-state index contributed by atoms with van der Waals surface area (Å²) < 4.78 is 10.2. The fourth-order valence-corrected chi connectivity index (χ4v) is 2.49. The van der Waals surface area contributed by atoms with Crippen molar-refractivity contribution in [2.24, 2.45) is 0 Å². The maximum atomic E-state index is 12.0. The average molecular weight is 340 g/mol. The van der Waals surface area contributed by atoms with Crippen molar-refractivity contribution in [3.05, 3.63) is 64.2 Å². The molecule has 7 heteroatoms. The first kappa shape index (κ1) is 16.3. The first-order chi connectivity index (χ1) is 11.9. The van der Waals surface area contributed by atoms with E-state index in [4.69, 9.17) is 14.6 Å². The summed E-state index contributed by atoms with van der Waals surface area (Å²) in [7, 11) is 1.54. The smallest absolute Gasteiger partial charge is 0.344 e. The predicted molar refractivity (Wildman–Crippen MR) is 86.6 cm³/mol. The summed E-state index contributed by atoms with van der Waals surface area (Å²) in [6, 6.07) is 9.09. The molecule has 1 heterocycles. The molecule has 1 aliphatic rings. The van der Waals surface area contributed by atoms with Crippen molar-refractivity contribution < 1.29 is 34.1 Å². The van der Waals surface area contributed by atoms with Gasteiger partial charge in [0.15, 0.2) is 0 Å². The summed E-state index contributed by atoms with van der Waals surface area (Å²) in [5.41, 5.74) is 0.0834. The van der Waals surface area contributed by atoms with Crippen LogP contribution in [0.2, 0.25) is 0 Å². The molecule has 0 saturated carbocycles. The fourth-order valence-electron chi connectivity index (χ4n) is 2.49. The van der Waals surface area contributed by atoms with E-state index in [1.807, 2.05) is 0 Å². The second kappa shape index (κ2) is 6.12. The summed E-state index contributed by atoms with van der Waals surface area (Å²) in [5, 5.41) is 18.4. The van der Waals surface area contributed by atoms with Crippen LogP contribution in [0.5, 0.6) is 5.75 Å². The van der Waals surface area contributed by atoms with Crippen LogP contribution in [0, 0.1) is 0 Å². The van der Waals surface area contributed by atoms with Crippen molar-refractivity contribution in [1.82, 2.24) is 0 Å². The minimum atomic E-state index is -1.43. The van der Waals surface area contributed by atoms with Gasteiger partial charge in [-0.2, -0.15) is 0 Å². The van der Waals surface area contributed by atoms with Gasteiger partial charge in [0.1, 0.15) is 11.5 Å². The minimum Gasteiger partial charge on any atom is -0.497 e. The van der Waals surface area contributed by atoms with Crippen molar-refractivity contribution in [3.63, 3.8) is 0 Å². The van der Waals surface area contributed by atoms with Gasteiger partial charge in [0.2, 0.25) is 0 Å². The van der Waals surface area contributed by atoms with Crippen LogP contribution in [0.3, 0.4) is 0 Å². The van der Waals surface area contributed by atoms with Gasteiger partial charge in [-0.1, -0.05) is 12.1 Å². The molecule has 3 rings (SSSR count). The molecule has 0 spiro atoms. The van der Waals surface area contributed by atoms with Gasteiger partial charge in [-0.3, -0.25) is 0 Å². The van der Waals surface area contributed by atoms with Crippen molar-refractivity contribution in [2.45, 2.75) is 0 Å². The summed E-state index contributed by atoms with van der Waals surface area (Å²) >= 11 is 0. The van der Waals surface area contributed by atoms with Crippen molar-refractivity contribution in [1.29, 1.82) is 0 Å². The molecule has 0 radical (unpaired) electrons. The Balaban J connectivity index is 2.11. The zero-order valence-corrected chi connectivity index (χ0v) is 13.0. The lowest BCUT2D eigenvalue weighted by Crippen LogP contribution is -2.10. The molecule has 2 aromatic carbocycles. The number of benzene rings is 2. The first-order valence-electron chi connectivity index (χ1n) is 7.13. The Morgan fingerprint density at radius 2 is 1.56 bits per heavy atom. The number of rotatable bonds is 4. The lowest BCUT2D eigenvalue weighted by molar-refractivity contribution is 0.0651. The molecule has 0 aliphatic carbocycles. The molecule has 1 aliphatic heterocycles. The topological polar surface area (TPSA) is 110 Å². The normalized spacial score (nSPS) is 14.1. The number of esters is 1. The SMILES string of the molecule is COc1ccc(/C=C2\OC(=O)c3cc(C(=O)O)c(C(=O)O)cc32)cc1. The summed E-state index contributed by atoms with van der Waals surface area (Å²) in [6.07, 6.45) is 1.56. The molecule has 2 N–H and O–H groups in total. The van der Waals surface area contributed by atoms with Gasteiger partial charge >= 0.3 is 17.9 Å². The van der Waals surface area contributed by atoms with E-state index in [9.17, 15) is 19.5 Å². The second-order valence-electron chi connectivity index (χ2n) is 5.22. The predicted octanol–water partition coefficient (Wildman–Crippen LogP) is 2.76. The Bertz CT molecular complexity index is 923. The Hall–Kier alpha value is -3.61. The number of methoxy groups -OCH3 is 1. The summed E-state index contributed by atoms with van der Waals surface area (Å²) in [4.78, 5) is 34.5. The van der Waals surface area contributed by atoms with Gasteiger partial charge in [0.05, 0.1) is 23.8 Å². The van der Waals surface area contributed by atoms with Crippen LogP contribution < -0.4 is 4.74 Å². The van der Waals surface area contributed by atoms with Crippen molar-refractivity contribution >= 4 is 29.7 Å². The van der Waals surface area contributed by atoms with Crippen molar-refractivity contribution in [2.75, 3.05) is 7.11 Å². The first-order valence-corrected chi connectivity index (χ1v) is 7.13. The number of cyclic esters (lactones) is 1. The van der Waals surface area contributed by atoms with Crippen LogP contribution >= 0.6 is 0 Å². The Kier molecular flexibility index (Phi) is 3.98. The lowest BCUT2D eigenvalue weighted by atomic mass is 9.98. The van der Waals surface area contributed by atoms with Crippen LogP contribution in [0.15, 0.2) is 36.4 Å². The van der Waals surface area contributed by atoms with E-state index in [1.165, 1.54) is 7.11 Å². The highest BCUT2D eigenvalue weighted by molar-refractivity contribution is 6.10. The monoisotopic (exact) mass is 340 g/mol. The van der Waals surface area contributed by atoms with E-state index in [0.717, 1.165) is 12.1 Å². The highest BCUT2D eigenvalue weighted by Crippen LogP contribution is 2.34. The van der Waals surface area contributed by atoms with E-state index in [2.05, 4.69) is 0 Å². The minimum absolute atomic E-state index is 0.0159. The molecule has 0 bridgehead atoms. The molecule has 7 nitrogen and oxygen atoms in total. The van der Waals surface area contributed by atoms with E-state index < -0.39 is 29.0 Å². The zero-order valence-electron chi connectivity index (χ0n) is 13.0.